The first-order valence-corrected chi connectivity index (χ1v) is 9.05. The number of rotatable bonds is 4. The zero-order valence-corrected chi connectivity index (χ0v) is 14.7. The summed E-state index contributed by atoms with van der Waals surface area (Å²) in [6.45, 7) is 1.86. The Hall–Kier alpha value is -2.84. The summed E-state index contributed by atoms with van der Waals surface area (Å²) in [6.07, 6.45) is 0.687. The molecule has 0 aliphatic carbocycles. The lowest BCUT2D eigenvalue weighted by molar-refractivity contribution is -0.380. The summed E-state index contributed by atoms with van der Waals surface area (Å²) in [7, 11) is 0. The number of aromatic amines is 1. The van der Waals surface area contributed by atoms with Crippen LogP contribution in [0.2, 0.25) is 0 Å². The molecule has 0 saturated carbocycles. The van der Waals surface area contributed by atoms with Gasteiger partial charge in [-0.3, -0.25) is 19.8 Å². The second-order valence-corrected chi connectivity index (χ2v) is 7.31. The number of benzene rings is 1. The fourth-order valence-electron chi connectivity index (χ4n) is 3.12. The highest BCUT2D eigenvalue weighted by Gasteiger charge is 2.22. The molecule has 26 heavy (non-hydrogen) atoms. The lowest BCUT2D eigenvalue weighted by Crippen LogP contribution is -2.35. The van der Waals surface area contributed by atoms with E-state index in [2.05, 4.69) is 14.9 Å². The van der Waals surface area contributed by atoms with E-state index >= 15 is 0 Å². The van der Waals surface area contributed by atoms with Crippen LogP contribution in [0.3, 0.4) is 0 Å². The lowest BCUT2D eigenvalue weighted by Gasteiger charge is -2.27. The van der Waals surface area contributed by atoms with Crippen molar-refractivity contribution < 1.29 is 4.92 Å². The quantitative estimate of drug-likeness (QED) is 0.565. The van der Waals surface area contributed by atoms with Gasteiger partial charge in [0.2, 0.25) is 0 Å². The van der Waals surface area contributed by atoms with Crippen LogP contribution in [0.4, 0.5) is 5.00 Å². The summed E-state index contributed by atoms with van der Waals surface area (Å²) in [5, 5.41) is 11.0. The van der Waals surface area contributed by atoms with E-state index in [0.717, 1.165) is 22.7 Å². The first-order chi connectivity index (χ1) is 12.6. The number of nitrogens with one attached hydrogen (secondary N) is 1. The molecular weight excluding hydrogens is 352 g/mol. The molecule has 132 valence electrons. The summed E-state index contributed by atoms with van der Waals surface area (Å²) < 4.78 is 0. The van der Waals surface area contributed by atoms with Gasteiger partial charge in [-0.1, -0.05) is 41.7 Å². The fourth-order valence-corrected chi connectivity index (χ4v) is 3.98. The molecular formula is C18H16N4O3S. The van der Waals surface area contributed by atoms with Gasteiger partial charge in [-0.05, 0) is 6.07 Å². The Morgan fingerprint density at radius 1 is 1.23 bits per heavy atom. The average Bonchev–Trinajstić information content (AvgIpc) is 3.12. The maximum Gasteiger partial charge on any atom is 0.324 e. The third-order valence-corrected chi connectivity index (χ3v) is 5.42. The predicted molar refractivity (Wildman–Crippen MR) is 99.1 cm³/mol. The van der Waals surface area contributed by atoms with Crippen molar-refractivity contribution in [2.24, 2.45) is 0 Å². The summed E-state index contributed by atoms with van der Waals surface area (Å²) in [6, 6.07) is 12.9. The second-order valence-electron chi connectivity index (χ2n) is 6.16. The van der Waals surface area contributed by atoms with E-state index in [1.165, 1.54) is 17.4 Å². The van der Waals surface area contributed by atoms with Crippen LogP contribution in [0.1, 0.15) is 16.1 Å². The molecule has 0 fully saturated rings. The van der Waals surface area contributed by atoms with Crippen LogP contribution in [0.5, 0.6) is 0 Å². The van der Waals surface area contributed by atoms with Crippen molar-refractivity contribution in [1.29, 1.82) is 0 Å². The van der Waals surface area contributed by atoms with Gasteiger partial charge in [0, 0.05) is 42.6 Å². The molecule has 0 spiro atoms. The molecule has 1 aromatic carbocycles. The van der Waals surface area contributed by atoms with Crippen molar-refractivity contribution in [3.05, 3.63) is 79.1 Å². The van der Waals surface area contributed by atoms with Crippen LogP contribution in [0, 0.1) is 10.1 Å². The highest BCUT2D eigenvalue weighted by Crippen LogP contribution is 2.26. The number of aromatic nitrogens is 2. The molecule has 0 amide bonds. The van der Waals surface area contributed by atoms with Crippen LogP contribution in [0.25, 0.3) is 11.4 Å². The smallest absolute Gasteiger partial charge is 0.306 e. The maximum atomic E-state index is 12.5. The van der Waals surface area contributed by atoms with E-state index < -0.39 is 0 Å². The maximum absolute atomic E-state index is 12.5. The number of nitro groups is 1. The Bertz CT molecular complexity index is 1010. The Labute approximate surface area is 153 Å². The van der Waals surface area contributed by atoms with E-state index in [1.54, 1.807) is 6.07 Å². The molecule has 3 aromatic rings. The van der Waals surface area contributed by atoms with Gasteiger partial charge in [0.25, 0.3) is 5.56 Å². The second kappa shape index (κ2) is 6.81. The number of thiophene rings is 1. The van der Waals surface area contributed by atoms with E-state index in [1.807, 2.05) is 30.3 Å². The molecule has 8 heteroatoms. The number of fused-ring (bicyclic) bond motifs is 1. The van der Waals surface area contributed by atoms with E-state index in [0.29, 0.717) is 30.9 Å². The SMILES string of the molecule is O=c1[nH]c(-c2ccccc2)nc2c1CN(Cc1ccc([N+](=O)[O-])s1)CC2. The Morgan fingerprint density at radius 3 is 2.77 bits per heavy atom. The van der Waals surface area contributed by atoms with Gasteiger partial charge in [0.1, 0.15) is 5.82 Å². The van der Waals surface area contributed by atoms with Gasteiger partial charge in [0.15, 0.2) is 0 Å². The van der Waals surface area contributed by atoms with E-state index in [4.69, 9.17) is 0 Å². The van der Waals surface area contributed by atoms with Gasteiger partial charge < -0.3 is 4.98 Å². The van der Waals surface area contributed by atoms with Crippen LogP contribution >= 0.6 is 11.3 Å². The van der Waals surface area contributed by atoms with Crippen LogP contribution in [-0.4, -0.2) is 26.3 Å². The molecule has 0 bridgehead atoms. The number of H-pyrrole nitrogens is 1. The normalized spacial score (nSPS) is 14.2. The molecule has 3 heterocycles. The van der Waals surface area contributed by atoms with Crippen LogP contribution in [-0.2, 0) is 19.5 Å². The topological polar surface area (TPSA) is 92.1 Å². The lowest BCUT2D eigenvalue weighted by atomic mass is 10.1. The summed E-state index contributed by atoms with van der Waals surface area (Å²) in [5.74, 6) is 0.594. The molecule has 1 aliphatic heterocycles. The molecule has 7 nitrogen and oxygen atoms in total. The van der Waals surface area contributed by atoms with Crippen LogP contribution in [0.15, 0.2) is 47.3 Å². The molecule has 1 N–H and O–H groups in total. The standard InChI is InChI=1S/C18H16N4O3S/c23-18-14-11-21(10-13-6-7-16(26-13)22(24)25)9-8-15(14)19-17(20-18)12-4-2-1-3-5-12/h1-7H,8-11H2,(H,19,20,23). The van der Waals surface area contributed by atoms with Gasteiger partial charge in [-0.2, -0.15) is 0 Å². The van der Waals surface area contributed by atoms with Crippen LogP contribution < -0.4 is 5.56 Å². The van der Waals surface area contributed by atoms with E-state index in [-0.39, 0.29) is 15.5 Å². The van der Waals surface area contributed by atoms with E-state index in [9.17, 15) is 14.9 Å². The highest BCUT2D eigenvalue weighted by atomic mass is 32.1. The highest BCUT2D eigenvalue weighted by molar-refractivity contribution is 7.15. The number of nitrogens with zero attached hydrogens (tertiary/aromatic N) is 3. The molecule has 0 atom stereocenters. The van der Waals surface area contributed by atoms with Gasteiger partial charge in [0.05, 0.1) is 16.2 Å². The van der Waals surface area contributed by atoms with Crippen molar-refractivity contribution >= 4 is 16.3 Å². The van der Waals surface area contributed by atoms with Crippen molar-refractivity contribution in [3.8, 4) is 11.4 Å². The first kappa shape index (κ1) is 16.6. The monoisotopic (exact) mass is 368 g/mol. The molecule has 0 unspecified atom stereocenters. The Kier molecular flexibility index (Phi) is 4.36. The summed E-state index contributed by atoms with van der Waals surface area (Å²) in [5.41, 5.74) is 2.29. The third-order valence-electron chi connectivity index (χ3n) is 4.40. The van der Waals surface area contributed by atoms with Crippen molar-refractivity contribution in [2.45, 2.75) is 19.5 Å². The summed E-state index contributed by atoms with van der Waals surface area (Å²) in [4.78, 5) is 33.5. The van der Waals surface area contributed by atoms with Crippen molar-refractivity contribution in [1.82, 2.24) is 14.9 Å². The summed E-state index contributed by atoms with van der Waals surface area (Å²) >= 11 is 1.18. The van der Waals surface area contributed by atoms with Gasteiger partial charge in [-0.15, -0.1) is 0 Å². The molecule has 1 aliphatic rings. The average molecular weight is 368 g/mol. The largest absolute Gasteiger partial charge is 0.324 e. The molecule has 4 rings (SSSR count). The number of hydrogen-bond donors (Lipinski definition) is 1. The van der Waals surface area contributed by atoms with Gasteiger partial charge >= 0.3 is 5.00 Å². The molecule has 2 aromatic heterocycles. The first-order valence-electron chi connectivity index (χ1n) is 8.23. The van der Waals surface area contributed by atoms with Crippen molar-refractivity contribution in [2.75, 3.05) is 6.54 Å². The fraction of sp³-hybridized carbons (Fsp3) is 0.222. The van der Waals surface area contributed by atoms with Crippen molar-refractivity contribution in [3.63, 3.8) is 0 Å². The third kappa shape index (κ3) is 3.29. The minimum atomic E-state index is -0.376. The zero-order valence-electron chi connectivity index (χ0n) is 13.8. The van der Waals surface area contributed by atoms with Gasteiger partial charge in [-0.25, -0.2) is 4.98 Å². The Morgan fingerprint density at radius 2 is 2.04 bits per heavy atom. The minimum Gasteiger partial charge on any atom is -0.306 e. The predicted octanol–water partition coefficient (Wildman–Crippen LogP) is 2.96. The minimum absolute atomic E-state index is 0.115. The zero-order chi connectivity index (χ0) is 18.1. The molecule has 0 saturated heterocycles. The number of hydrogen-bond acceptors (Lipinski definition) is 6. The Balaban J connectivity index is 1.55. The molecule has 0 radical (unpaired) electrons.